The summed E-state index contributed by atoms with van der Waals surface area (Å²) in [6, 6.07) is 25.2. The number of benzene rings is 4. The molecule has 6 rings (SSSR count). The van der Waals surface area contributed by atoms with Crippen LogP contribution in [-0.4, -0.2) is 26.6 Å². The molecule has 182 valence electrons. The fourth-order valence-electron chi connectivity index (χ4n) is 5.49. The minimum absolute atomic E-state index is 0.672. The number of ether oxygens (including phenoxy) is 1. The van der Waals surface area contributed by atoms with Crippen LogP contribution >= 0.6 is 0 Å². The SMILES string of the molecule is COc1ccc2c(c1)c1cc(C)ccc1n2-c1c(C)cc(C)c(-c2ncnc(-c3ccccc3)n2)c1C. The van der Waals surface area contributed by atoms with Crippen molar-refractivity contribution in [2.24, 2.45) is 0 Å². The summed E-state index contributed by atoms with van der Waals surface area (Å²) in [5.41, 5.74) is 10.2. The standard InChI is InChI=1S/C32H28N4O/c1-19-11-13-27-25(15-19)26-17-24(37-5)12-14-28(26)36(27)30-21(3)16-20(2)29(22(30)4)32-34-18-33-31(35-32)23-9-7-6-8-10-23/h6-18H,1-5H3. The van der Waals surface area contributed by atoms with Crippen LogP contribution in [0.4, 0.5) is 0 Å². The van der Waals surface area contributed by atoms with Crippen LogP contribution in [0.1, 0.15) is 22.3 Å². The molecule has 0 N–H and O–H groups in total. The zero-order chi connectivity index (χ0) is 25.7. The zero-order valence-electron chi connectivity index (χ0n) is 21.7. The van der Waals surface area contributed by atoms with Crippen LogP contribution in [-0.2, 0) is 0 Å². The molecule has 0 bridgehead atoms. The Bertz CT molecular complexity index is 1800. The Morgan fingerprint density at radius 2 is 1.41 bits per heavy atom. The van der Waals surface area contributed by atoms with E-state index in [-0.39, 0.29) is 0 Å². The number of hydrogen-bond acceptors (Lipinski definition) is 4. The molecule has 0 atom stereocenters. The molecule has 0 amide bonds. The maximum absolute atomic E-state index is 5.57. The van der Waals surface area contributed by atoms with Gasteiger partial charge in [-0.25, -0.2) is 15.0 Å². The summed E-state index contributed by atoms with van der Waals surface area (Å²) in [6.07, 6.45) is 1.61. The van der Waals surface area contributed by atoms with Crippen molar-refractivity contribution in [1.82, 2.24) is 19.5 Å². The summed E-state index contributed by atoms with van der Waals surface area (Å²) in [5.74, 6) is 2.21. The average Bonchev–Trinajstić information content (AvgIpc) is 3.21. The second kappa shape index (κ2) is 8.86. The van der Waals surface area contributed by atoms with Crippen molar-refractivity contribution < 1.29 is 4.74 Å². The third kappa shape index (κ3) is 3.75. The van der Waals surface area contributed by atoms with Crippen molar-refractivity contribution in [2.75, 3.05) is 7.11 Å². The number of methoxy groups -OCH3 is 1. The Hall–Kier alpha value is -4.51. The Kier molecular flexibility index (Phi) is 5.49. The van der Waals surface area contributed by atoms with E-state index in [0.29, 0.717) is 11.6 Å². The van der Waals surface area contributed by atoms with Crippen LogP contribution < -0.4 is 4.74 Å². The number of aryl methyl sites for hydroxylation is 3. The summed E-state index contributed by atoms with van der Waals surface area (Å²) in [4.78, 5) is 14.0. The lowest BCUT2D eigenvalue weighted by molar-refractivity contribution is 0.415. The normalized spacial score (nSPS) is 11.4. The molecular formula is C32H28N4O. The summed E-state index contributed by atoms with van der Waals surface area (Å²) in [7, 11) is 1.71. The van der Waals surface area contributed by atoms with E-state index in [2.05, 4.69) is 78.6 Å². The lowest BCUT2D eigenvalue weighted by Crippen LogP contribution is -2.05. The van der Waals surface area contributed by atoms with Crippen LogP contribution in [0.5, 0.6) is 5.75 Å². The monoisotopic (exact) mass is 484 g/mol. The van der Waals surface area contributed by atoms with E-state index in [1.165, 1.54) is 21.9 Å². The molecule has 37 heavy (non-hydrogen) atoms. The highest BCUT2D eigenvalue weighted by Gasteiger charge is 2.21. The highest BCUT2D eigenvalue weighted by atomic mass is 16.5. The second-order valence-corrected chi connectivity index (χ2v) is 9.60. The molecule has 0 radical (unpaired) electrons. The molecule has 0 saturated heterocycles. The summed E-state index contributed by atoms with van der Waals surface area (Å²) in [5, 5.41) is 2.38. The molecule has 2 aromatic heterocycles. The smallest absolute Gasteiger partial charge is 0.163 e. The first-order valence-electron chi connectivity index (χ1n) is 12.4. The van der Waals surface area contributed by atoms with Crippen LogP contribution in [0.3, 0.4) is 0 Å². The third-order valence-electron chi connectivity index (χ3n) is 7.11. The topological polar surface area (TPSA) is 52.8 Å². The van der Waals surface area contributed by atoms with Crippen LogP contribution in [0, 0.1) is 27.7 Å². The number of aromatic nitrogens is 4. The second-order valence-electron chi connectivity index (χ2n) is 9.60. The number of nitrogens with zero attached hydrogens (tertiary/aromatic N) is 4. The lowest BCUT2D eigenvalue weighted by Gasteiger charge is -2.19. The molecular weight excluding hydrogens is 456 g/mol. The molecule has 0 unspecified atom stereocenters. The van der Waals surface area contributed by atoms with Crippen molar-refractivity contribution in [1.29, 1.82) is 0 Å². The van der Waals surface area contributed by atoms with E-state index in [1.54, 1.807) is 13.4 Å². The number of rotatable bonds is 4. The summed E-state index contributed by atoms with van der Waals surface area (Å²) in [6.45, 7) is 8.61. The molecule has 0 aliphatic heterocycles. The van der Waals surface area contributed by atoms with Gasteiger partial charge in [0.05, 0.1) is 23.8 Å². The molecule has 2 heterocycles. The van der Waals surface area contributed by atoms with E-state index >= 15 is 0 Å². The third-order valence-corrected chi connectivity index (χ3v) is 7.11. The van der Waals surface area contributed by atoms with Gasteiger partial charge in [-0.1, -0.05) is 48.0 Å². The van der Waals surface area contributed by atoms with Gasteiger partial charge >= 0.3 is 0 Å². The average molecular weight is 485 g/mol. The van der Waals surface area contributed by atoms with Gasteiger partial charge in [0, 0.05) is 21.9 Å². The molecule has 0 saturated carbocycles. The molecule has 5 heteroatoms. The van der Waals surface area contributed by atoms with Gasteiger partial charge in [0.2, 0.25) is 0 Å². The fourth-order valence-corrected chi connectivity index (χ4v) is 5.49. The Balaban J connectivity index is 1.64. The molecule has 4 aromatic carbocycles. The van der Waals surface area contributed by atoms with Crippen LogP contribution in [0.25, 0.3) is 50.3 Å². The summed E-state index contributed by atoms with van der Waals surface area (Å²) < 4.78 is 7.94. The highest BCUT2D eigenvalue weighted by molar-refractivity contribution is 6.10. The van der Waals surface area contributed by atoms with Gasteiger partial charge in [-0.3, -0.25) is 0 Å². The first-order valence-corrected chi connectivity index (χ1v) is 12.4. The summed E-state index contributed by atoms with van der Waals surface area (Å²) >= 11 is 0. The number of fused-ring (bicyclic) bond motifs is 3. The predicted octanol–water partition coefficient (Wildman–Crippen LogP) is 7.54. The Morgan fingerprint density at radius 3 is 2.16 bits per heavy atom. The van der Waals surface area contributed by atoms with Gasteiger partial charge in [0.1, 0.15) is 12.1 Å². The van der Waals surface area contributed by atoms with Gasteiger partial charge in [-0.2, -0.15) is 0 Å². The van der Waals surface area contributed by atoms with Crippen molar-refractivity contribution in [2.45, 2.75) is 27.7 Å². The van der Waals surface area contributed by atoms with E-state index in [0.717, 1.165) is 44.7 Å². The van der Waals surface area contributed by atoms with Gasteiger partial charge < -0.3 is 9.30 Å². The Labute approximate surface area is 216 Å². The van der Waals surface area contributed by atoms with Crippen LogP contribution in [0.2, 0.25) is 0 Å². The first-order chi connectivity index (χ1) is 18.0. The molecule has 6 aromatic rings. The van der Waals surface area contributed by atoms with E-state index in [4.69, 9.17) is 9.72 Å². The molecule has 0 aliphatic carbocycles. The molecule has 0 fully saturated rings. The van der Waals surface area contributed by atoms with E-state index in [9.17, 15) is 0 Å². The molecule has 0 aliphatic rings. The Morgan fingerprint density at radius 1 is 0.703 bits per heavy atom. The van der Waals surface area contributed by atoms with Crippen LogP contribution in [0.15, 0.2) is 79.1 Å². The predicted molar refractivity (Wildman–Crippen MR) is 151 cm³/mol. The van der Waals surface area contributed by atoms with Crippen molar-refractivity contribution >= 4 is 21.8 Å². The largest absolute Gasteiger partial charge is 0.497 e. The fraction of sp³-hybridized carbons (Fsp3) is 0.156. The van der Waals surface area contributed by atoms with Crippen molar-refractivity contribution in [3.05, 3.63) is 101 Å². The van der Waals surface area contributed by atoms with Gasteiger partial charge in [-0.15, -0.1) is 0 Å². The molecule has 0 spiro atoms. The van der Waals surface area contributed by atoms with Gasteiger partial charge in [-0.05, 0) is 74.7 Å². The van der Waals surface area contributed by atoms with Gasteiger partial charge in [0.15, 0.2) is 11.6 Å². The minimum atomic E-state index is 0.672. The minimum Gasteiger partial charge on any atom is -0.497 e. The zero-order valence-corrected chi connectivity index (χ0v) is 21.7. The highest BCUT2D eigenvalue weighted by Crippen LogP contribution is 2.39. The molecule has 5 nitrogen and oxygen atoms in total. The van der Waals surface area contributed by atoms with Crippen molar-refractivity contribution in [3.63, 3.8) is 0 Å². The lowest BCUT2D eigenvalue weighted by atomic mass is 9.96. The maximum Gasteiger partial charge on any atom is 0.163 e. The first kappa shape index (κ1) is 22.9. The van der Waals surface area contributed by atoms with Gasteiger partial charge in [0.25, 0.3) is 0 Å². The van der Waals surface area contributed by atoms with Crippen molar-refractivity contribution in [3.8, 4) is 34.2 Å². The maximum atomic E-state index is 5.57. The quantitative estimate of drug-likeness (QED) is 0.259. The van der Waals surface area contributed by atoms with E-state index < -0.39 is 0 Å². The number of hydrogen-bond donors (Lipinski definition) is 0. The van der Waals surface area contributed by atoms with E-state index in [1.807, 2.05) is 36.4 Å².